The lowest BCUT2D eigenvalue weighted by Gasteiger charge is -2.24. The molecule has 0 amide bonds. The van der Waals surface area contributed by atoms with Crippen LogP contribution in [0.5, 0.6) is 0 Å². The van der Waals surface area contributed by atoms with Gasteiger partial charge < -0.3 is 18.5 Å². The molecule has 1 aromatic rings. The number of hydrogen-bond acceptors (Lipinski definition) is 10. The second-order valence-electron chi connectivity index (χ2n) is 17.6. The highest BCUT2D eigenvalue weighted by Gasteiger charge is 2.27. The zero-order valence-electron chi connectivity index (χ0n) is 39.3. The Morgan fingerprint density at radius 1 is 0.623 bits per heavy atom. The summed E-state index contributed by atoms with van der Waals surface area (Å²) in [5.41, 5.74) is 0.928. The second-order valence-corrected chi connectivity index (χ2v) is 21.6. The lowest BCUT2D eigenvalue weighted by molar-refractivity contribution is -0.870. The molecule has 0 bridgehead atoms. The maximum atomic E-state index is 12.7. The Bertz CT molecular complexity index is 1370. The van der Waals surface area contributed by atoms with Gasteiger partial charge in [0.1, 0.15) is 29.9 Å². The Hall–Kier alpha value is -1.53. The fourth-order valence-electron chi connectivity index (χ4n) is 6.53. The van der Waals surface area contributed by atoms with E-state index in [0.29, 0.717) is 17.4 Å². The number of nitrogens with zero attached hydrogens (tertiary/aromatic N) is 1. The molecule has 1 aromatic carbocycles. The van der Waals surface area contributed by atoms with Crippen molar-refractivity contribution in [3.8, 4) is 0 Å². The van der Waals surface area contributed by atoms with Gasteiger partial charge in [-0.15, -0.1) is 0 Å². The van der Waals surface area contributed by atoms with E-state index in [9.17, 15) is 27.1 Å². The number of rotatable bonds is 39. The predicted octanol–water partition coefficient (Wildman–Crippen LogP) is 13.4. The molecular formula is C47H87ClNO10PS. The lowest BCUT2D eigenvalue weighted by atomic mass is 10.0. The van der Waals surface area contributed by atoms with Crippen molar-refractivity contribution in [2.75, 3.05) is 47.5 Å². The quantitative estimate of drug-likeness (QED) is 0.0206. The molecule has 358 valence electrons. The molecule has 0 heterocycles. The number of quaternary nitrogens is 1. The molecular weight excluding hydrogens is 837 g/mol. The minimum atomic E-state index is -4.27. The van der Waals surface area contributed by atoms with E-state index in [2.05, 4.69) is 13.8 Å². The predicted molar refractivity (Wildman–Crippen MR) is 249 cm³/mol. The van der Waals surface area contributed by atoms with Crippen LogP contribution >= 0.6 is 18.2 Å². The Kier molecular flexibility index (Phi) is 36.9. The van der Waals surface area contributed by atoms with E-state index < -0.39 is 23.2 Å². The molecule has 2 atom stereocenters. The second kappa shape index (κ2) is 37.8. The number of ether oxygens (including phenoxy) is 2. The first-order valence-corrected chi connectivity index (χ1v) is 27.6. The third kappa shape index (κ3) is 41.0. The smallest absolute Gasteiger partial charge is 0.424 e. The van der Waals surface area contributed by atoms with Gasteiger partial charge in [-0.25, -0.2) is 13.0 Å². The van der Waals surface area contributed by atoms with Gasteiger partial charge in [0.05, 0.1) is 32.6 Å². The van der Waals surface area contributed by atoms with Crippen LogP contribution in [-0.4, -0.2) is 83.0 Å². The third-order valence-corrected chi connectivity index (χ3v) is 12.8. The van der Waals surface area contributed by atoms with Gasteiger partial charge in [0.2, 0.25) is 0 Å². The number of benzene rings is 1. The first-order chi connectivity index (χ1) is 29.0. The fraction of sp³-hybridized carbons (Fsp3) is 0.830. The zero-order chi connectivity index (χ0) is 45.7. The highest BCUT2D eigenvalue weighted by atomic mass is 35.7. The van der Waals surface area contributed by atoms with Crippen molar-refractivity contribution in [3.63, 3.8) is 0 Å². The summed E-state index contributed by atoms with van der Waals surface area (Å²) >= 11 is 6.03. The summed E-state index contributed by atoms with van der Waals surface area (Å²) in [4.78, 5) is 25.0. The van der Waals surface area contributed by atoms with Gasteiger partial charge in [0, 0.05) is 24.1 Å². The average Bonchev–Trinajstić information content (AvgIpc) is 3.19. The van der Waals surface area contributed by atoms with E-state index in [0.717, 1.165) is 44.1 Å². The largest absolute Gasteiger partial charge is 0.744 e. The van der Waals surface area contributed by atoms with Crippen molar-refractivity contribution in [1.82, 2.24) is 0 Å². The number of carbonyl (C=O) groups excluding carboxylic acids is 2. The Morgan fingerprint density at radius 3 is 1.38 bits per heavy atom. The molecule has 0 saturated carbocycles. The van der Waals surface area contributed by atoms with E-state index in [-0.39, 0.29) is 43.1 Å². The van der Waals surface area contributed by atoms with Crippen molar-refractivity contribution >= 4 is 40.2 Å². The van der Waals surface area contributed by atoms with Crippen molar-refractivity contribution in [2.45, 2.75) is 212 Å². The van der Waals surface area contributed by atoms with Crippen molar-refractivity contribution in [2.24, 2.45) is 0 Å². The molecule has 14 heteroatoms. The Labute approximate surface area is 377 Å². The molecule has 61 heavy (non-hydrogen) atoms. The van der Waals surface area contributed by atoms with Crippen LogP contribution in [0.4, 0.5) is 0 Å². The van der Waals surface area contributed by atoms with E-state index in [4.69, 9.17) is 29.8 Å². The van der Waals surface area contributed by atoms with E-state index in [1.807, 2.05) is 28.1 Å². The summed E-state index contributed by atoms with van der Waals surface area (Å²) < 4.78 is 66.2. The van der Waals surface area contributed by atoms with Crippen LogP contribution in [0.25, 0.3) is 0 Å². The molecule has 0 radical (unpaired) electrons. The zero-order valence-corrected chi connectivity index (χ0v) is 41.7. The fourth-order valence-corrected chi connectivity index (χ4v) is 8.10. The molecule has 0 aliphatic rings. The summed E-state index contributed by atoms with van der Waals surface area (Å²) in [5, 5.41) is 0. The third-order valence-electron chi connectivity index (χ3n) is 10.4. The molecule has 0 aliphatic carbocycles. The van der Waals surface area contributed by atoms with Crippen LogP contribution in [0.1, 0.15) is 199 Å². The topological polar surface area (TPSA) is 145 Å². The number of esters is 2. The monoisotopic (exact) mass is 924 g/mol. The van der Waals surface area contributed by atoms with Crippen molar-refractivity contribution in [3.05, 3.63) is 29.8 Å². The number of carbonyl (C=O) groups is 2. The molecule has 0 saturated heterocycles. The van der Waals surface area contributed by atoms with Crippen molar-refractivity contribution in [1.29, 1.82) is 0 Å². The maximum Gasteiger partial charge on any atom is 0.424 e. The molecule has 0 aliphatic heterocycles. The number of halogens is 1. The molecule has 1 unspecified atom stereocenters. The number of likely N-dealkylation sites (N-methyl/N-ethyl adjacent to an activating group) is 1. The van der Waals surface area contributed by atoms with E-state index in [1.54, 1.807) is 12.1 Å². The van der Waals surface area contributed by atoms with Crippen LogP contribution in [0.3, 0.4) is 0 Å². The molecule has 0 aromatic heterocycles. The molecule has 0 N–H and O–H groups in total. The highest BCUT2D eigenvalue weighted by molar-refractivity contribution is 7.85. The lowest BCUT2D eigenvalue weighted by Crippen LogP contribution is -2.37. The SMILES string of the molecule is CCCCCCCCCCCCCCCC(=O)OC[C@H](COP(=O)(Cl)OCC[N+](C)(C)C)OC(=O)CCCCCCCCCCCCCCC.Cc1ccc(S(=O)(=O)[O-])cc1. The first-order valence-electron chi connectivity index (χ1n) is 23.8. The number of hydrogen-bond donors (Lipinski definition) is 0. The highest BCUT2D eigenvalue weighted by Crippen LogP contribution is 2.53. The summed E-state index contributed by atoms with van der Waals surface area (Å²) in [6.07, 6.45) is 31.8. The molecule has 0 fully saturated rings. The van der Waals surface area contributed by atoms with Crippen LogP contribution in [0.2, 0.25) is 0 Å². The molecule has 0 spiro atoms. The van der Waals surface area contributed by atoms with Gasteiger partial charge in [-0.1, -0.05) is 186 Å². The van der Waals surface area contributed by atoms with E-state index in [1.165, 1.54) is 141 Å². The minimum absolute atomic E-state index is 0.155. The van der Waals surface area contributed by atoms with E-state index >= 15 is 0 Å². The van der Waals surface area contributed by atoms with Crippen molar-refractivity contribution < 1.29 is 50.1 Å². The van der Waals surface area contributed by atoms with Gasteiger partial charge in [0.25, 0.3) is 0 Å². The number of unbranched alkanes of at least 4 members (excludes halogenated alkanes) is 24. The molecule has 11 nitrogen and oxygen atoms in total. The standard InChI is InChI=1S/C40H80ClNO7P.C7H8O3S/c1-6-8-10-12-14-16-18-20-22-24-26-28-30-32-39(43)46-36-38(37-48-50(41,45)47-35-34-42(3,4)5)49-40(44)33-31-29-27-25-23-21-19-17-15-13-11-9-7-2;1-6-2-4-7(5-3-6)11(8,9)10/h38H,6-37H2,1-5H3;2-5H,1H3,(H,8,9,10)/q+1;/p-1/t38-,50?;/m1./s1. The molecule has 1 rings (SSSR count). The maximum absolute atomic E-state index is 12.7. The van der Waals surface area contributed by atoms with Crippen LogP contribution in [0.15, 0.2) is 29.2 Å². The normalized spacial score (nSPS) is 13.2. The van der Waals surface area contributed by atoms with Gasteiger partial charge in [0.15, 0.2) is 6.10 Å². The number of aryl methyl sites for hydroxylation is 1. The summed E-state index contributed by atoms with van der Waals surface area (Å²) in [5.74, 6) is -0.719. The van der Waals surface area contributed by atoms with Gasteiger partial charge >= 0.3 is 18.9 Å². The van der Waals surface area contributed by atoms with Crippen LogP contribution in [0, 0.1) is 6.92 Å². The minimum Gasteiger partial charge on any atom is -0.744 e. The van der Waals surface area contributed by atoms with Gasteiger partial charge in [-0.05, 0) is 31.9 Å². The summed E-state index contributed by atoms with van der Waals surface area (Å²) in [6.45, 7) is 2.74. The van der Waals surface area contributed by atoms with Gasteiger partial charge in [-0.3, -0.25) is 18.6 Å². The first kappa shape index (κ1) is 59.5. The van der Waals surface area contributed by atoms with Gasteiger partial charge in [-0.2, -0.15) is 0 Å². The summed E-state index contributed by atoms with van der Waals surface area (Å²) in [7, 11) is 1.70. The Balaban J connectivity index is 0.00000280. The van der Waals surface area contributed by atoms with Crippen LogP contribution < -0.4 is 0 Å². The Morgan fingerprint density at radius 2 is 1.00 bits per heavy atom. The average molecular weight is 925 g/mol. The summed E-state index contributed by atoms with van der Waals surface area (Å²) in [6, 6.07) is 5.78. The van der Waals surface area contributed by atoms with Crippen LogP contribution in [-0.2, 0) is 42.8 Å².